The molecule has 11 heavy (non-hydrogen) atoms. The zero-order valence-corrected chi connectivity index (χ0v) is 7.23. The van der Waals surface area contributed by atoms with Crippen molar-refractivity contribution in [2.45, 2.75) is 32.1 Å². The van der Waals surface area contributed by atoms with Crippen molar-refractivity contribution in [3.63, 3.8) is 0 Å². The van der Waals surface area contributed by atoms with Gasteiger partial charge in [0, 0.05) is 5.88 Å². The molecule has 0 aromatic carbocycles. The molecule has 0 unspecified atom stereocenters. The standard InChI is InChI=1S/C8H13ClO2/c9-6-2-1-3-8(4-5-8)7(10)11/h1-6H2,(H,10,11). The zero-order chi connectivity index (χ0) is 8.32. The predicted octanol–water partition coefficient (Wildman–Crippen LogP) is 2.26. The molecule has 3 heteroatoms. The Morgan fingerprint density at radius 3 is 2.45 bits per heavy atom. The molecule has 1 N–H and O–H groups in total. The van der Waals surface area contributed by atoms with Crippen molar-refractivity contribution in [3.8, 4) is 0 Å². The summed E-state index contributed by atoms with van der Waals surface area (Å²) in [6.07, 6.45) is 4.44. The van der Waals surface area contributed by atoms with Crippen LogP contribution in [0.25, 0.3) is 0 Å². The van der Waals surface area contributed by atoms with E-state index in [2.05, 4.69) is 0 Å². The second kappa shape index (κ2) is 3.44. The van der Waals surface area contributed by atoms with Gasteiger partial charge in [0.15, 0.2) is 0 Å². The monoisotopic (exact) mass is 176 g/mol. The quantitative estimate of drug-likeness (QED) is 0.516. The number of hydrogen-bond donors (Lipinski definition) is 1. The van der Waals surface area contributed by atoms with Crippen LogP contribution in [-0.2, 0) is 4.79 Å². The Morgan fingerprint density at radius 2 is 2.09 bits per heavy atom. The maximum absolute atomic E-state index is 10.6. The smallest absolute Gasteiger partial charge is 0.309 e. The fourth-order valence-electron chi connectivity index (χ4n) is 1.28. The molecule has 1 saturated carbocycles. The Kier molecular flexibility index (Phi) is 2.77. The molecular formula is C8H13ClO2. The Bertz CT molecular complexity index is 152. The third-order valence-corrected chi connectivity index (χ3v) is 2.61. The number of rotatable bonds is 5. The fourth-order valence-corrected chi connectivity index (χ4v) is 1.47. The molecule has 0 aromatic heterocycles. The first-order valence-corrected chi connectivity index (χ1v) is 4.54. The highest BCUT2D eigenvalue weighted by Gasteiger charge is 2.49. The number of unbranched alkanes of at least 4 members (excludes halogenated alkanes) is 1. The van der Waals surface area contributed by atoms with Crippen LogP contribution in [-0.4, -0.2) is 17.0 Å². The average Bonchev–Trinajstić information content (AvgIpc) is 2.70. The van der Waals surface area contributed by atoms with Gasteiger partial charge in [-0.3, -0.25) is 4.79 Å². The second-order valence-corrected chi connectivity index (χ2v) is 3.61. The summed E-state index contributed by atoms with van der Waals surface area (Å²) in [6, 6.07) is 0. The Hall–Kier alpha value is -0.240. The van der Waals surface area contributed by atoms with Crippen LogP contribution >= 0.6 is 11.6 Å². The van der Waals surface area contributed by atoms with Gasteiger partial charge in [-0.2, -0.15) is 0 Å². The van der Waals surface area contributed by atoms with E-state index in [1.807, 2.05) is 0 Å². The lowest BCUT2D eigenvalue weighted by molar-refractivity contribution is -0.143. The average molecular weight is 177 g/mol. The van der Waals surface area contributed by atoms with Crippen LogP contribution in [0.15, 0.2) is 0 Å². The van der Waals surface area contributed by atoms with Gasteiger partial charge in [0.2, 0.25) is 0 Å². The van der Waals surface area contributed by atoms with Crippen LogP contribution in [0, 0.1) is 5.41 Å². The third-order valence-electron chi connectivity index (χ3n) is 2.35. The van der Waals surface area contributed by atoms with Crippen molar-refractivity contribution >= 4 is 17.6 Å². The SMILES string of the molecule is O=C(O)C1(CCCCCl)CC1. The molecule has 1 rings (SSSR count). The molecule has 0 spiro atoms. The topological polar surface area (TPSA) is 37.3 Å². The summed E-state index contributed by atoms with van der Waals surface area (Å²) in [4.78, 5) is 10.6. The molecule has 1 aliphatic carbocycles. The van der Waals surface area contributed by atoms with Crippen molar-refractivity contribution < 1.29 is 9.90 Å². The fraction of sp³-hybridized carbons (Fsp3) is 0.875. The van der Waals surface area contributed by atoms with Crippen LogP contribution in [0.4, 0.5) is 0 Å². The summed E-state index contributed by atoms with van der Waals surface area (Å²) < 4.78 is 0. The van der Waals surface area contributed by atoms with Crippen molar-refractivity contribution in [2.75, 3.05) is 5.88 Å². The van der Waals surface area contributed by atoms with Crippen LogP contribution in [0.3, 0.4) is 0 Å². The first-order chi connectivity index (χ1) is 5.21. The molecule has 64 valence electrons. The Balaban J connectivity index is 2.20. The van der Waals surface area contributed by atoms with E-state index in [0.29, 0.717) is 5.88 Å². The van der Waals surface area contributed by atoms with E-state index >= 15 is 0 Å². The lowest BCUT2D eigenvalue weighted by atomic mass is 10.00. The van der Waals surface area contributed by atoms with Crippen LogP contribution < -0.4 is 0 Å². The van der Waals surface area contributed by atoms with Crippen molar-refractivity contribution in [1.82, 2.24) is 0 Å². The van der Waals surface area contributed by atoms with E-state index in [0.717, 1.165) is 32.1 Å². The minimum atomic E-state index is -0.618. The highest BCUT2D eigenvalue weighted by atomic mass is 35.5. The van der Waals surface area contributed by atoms with Crippen molar-refractivity contribution in [1.29, 1.82) is 0 Å². The normalized spacial score (nSPS) is 19.7. The van der Waals surface area contributed by atoms with Gasteiger partial charge in [0.1, 0.15) is 0 Å². The molecule has 0 atom stereocenters. The van der Waals surface area contributed by atoms with Gasteiger partial charge in [0.25, 0.3) is 0 Å². The summed E-state index contributed by atoms with van der Waals surface area (Å²) in [5.41, 5.74) is -0.341. The Labute approximate surface area is 71.5 Å². The van der Waals surface area contributed by atoms with Crippen molar-refractivity contribution in [3.05, 3.63) is 0 Å². The second-order valence-electron chi connectivity index (χ2n) is 3.23. The molecule has 0 heterocycles. The summed E-state index contributed by atoms with van der Waals surface area (Å²) >= 11 is 5.48. The molecular weight excluding hydrogens is 164 g/mol. The number of hydrogen-bond acceptors (Lipinski definition) is 1. The summed E-state index contributed by atoms with van der Waals surface area (Å²) in [5.74, 6) is 0.0301. The van der Waals surface area contributed by atoms with Gasteiger partial charge in [-0.15, -0.1) is 11.6 Å². The molecule has 0 bridgehead atoms. The van der Waals surface area contributed by atoms with Crippen LogP contribution in [0.2, 0.25) is 0 Å². The van der Waals surface area contributed by atoms with Crippen molar-refractivity contribution in [2.24, 2.45) is 5.41 Å². The minimum Gasteiger partial charge on any atom is -0.481 e. The molecule has 1 aliphatic rings. The first-order valence-electron chi connectivity index (χ1n) is 4.01. The number of carbonyl (C=O) groups is 1. The maximum Gasteiger partial charge on any atom is 0.309 e. The summed E-state index contributed by atoms with van der Waals surface area (Å²) in [6.45, 7) is 0. The van der Waals surface area contributed by atoms with E-state index < -0.39 is 5.97 Å². The maximum atomic E-state index is 10.6. The number of alkyl halides is 1. The summed E-state index contributed by atoms with van der Waals surface area (Å²) in [5, 5.41) is 8.77. The van der Waals surface area contributed by atoms with Gasteiger partial charge in [-0.25, -0.2) is 0 Å². The molecule has 0 amide bonds. The molecule has 0 radical (unpaired) electrons. The molecule has 0 aromatic rings. The molecule has 1 fully saturated rings. The van der Waals surface area contributed by atoms with Gasteiger partial charge in [-0.1, -0.05) is 6.42 Å². The molecule has 2 nitrogen and oxygen atoms in total. The van der Waals surface area contributed by atoms with E-state index in [4.69, 9.17) is 16.7 Å². The van der Waals surface area contributed by atoms with E-state index in [1.54, 1.807) is 0 Å². The van der Waals surface area contributed by atoms with Gasteiger partial charge >= 0.3 is 5.97 Å². The lowest BCUT2D eigenvalue weighted by Gasteiger charge is -2.07. The number of halogens is 1. The van der Waals surface area contributed by atoms with Gasteiger partial charge in [-0.05, 0) is 25.7 Å². The number of carboxylic acids is 1. The zero-order valence-electron chi connectivity index (χ0n) is 6.48. The predicted molar refractivity (Wildman–Crippen MR) is 43.9 cm³/mol. The highest BCUT2D eigenvalue weighted by molar-refractivity contribution is 6.17. The van der Waals surface area contributed by atoms with Crippen LogP contribution in [0.5, 0.6) is 0 Å². The number of carboxylic acid groups (broad SMARTS) is 1. The lowest BCUT2D eigenvalue weighted by Crippen LogP contribution is -2.14. The van der Waals surface area contributed by atoms with E-state index in [-0.39, 0.29) is 5.41 Å². The molecule has 0 saturated heterocycles. The van der Waals surface area contributed by atoms with Gasteiger partial charge in [0.05, 0.1) is 5.41 Å². The van der Waals surface area contributed by atoms with Crippen LogP contribution in [0.1, 0.15) is 32.1 Å². The molecule has 0 aliphatic heterocycles. The third kappa shape index (κ3) is 2.09. The Morgan fingerprint density at radius 1 is 1.45 bits per heavy atom. The van der Waals surface area contributed by atoms with Gasteiger partial charge < -0.3 is 5.11 Å². The first kappa shape index (κ1) is 8.85. The highest BCUT2D eigenvalue weighted by Crippen LogP contribution is 2.49. The van der Waals surface area contributed by atoms with E-state index in [1.165, 1.54) is 0 Å². The van der Waals surface area contributed by atoms with E-state index in [9.17, 15) is 4.79 Å². The minimum absolute atomic E-state index is 0.341. The largest absolute Gasteiger partial charge is 0.481 e. The number of aliphatic carboxylic acids is 1. The summed E-state index contributed by atoms with van der Waals surface area (Å²) in [7, 11) is 0.